The van der Waals surface area contributed by atoms with Gasteiger partial charge in [0, 0.05) is 42.8 Å². The van der Waals surface area contributed by atoms with Crippen LogP contribution in [0.2, 0.25) is 0 Å². The van der Waals surface area contributed by atoms with Crippen molar-refractivity contribution in [1.29, 1.82) is 0 Å². The molecule has 2 aromatic rings. The van der Waals surface area contributed by atoms with Gasteiger partial charge in [0.15, 0.2) is 0 Å². The van der Waals surface area contributed by atoms with Crippen LogP contribution in [0.15, 0.2) is 34.8 Å². The molecule has 0 unspecified atom stereocenters. The van der Waals surface area contributed by atoms with E-state index in [4.69, 9.17) is 4.74 Å². The second-order valence-electron chi connectivity index (χ2n) is 5.18. The third-order valence-corrected chi connectivity index (χ3v) is 4.30. The number of ether oxygens (including phenoxy) is 1. The molecule has 2 aromatic carbocycles. The van der Waals surface area contributed by atoms with Crippen molar-refractivity contribution in [2.75, 3.05) is 33.3 Å². The summed E-state index contributed by atoms with van der Waals surface area (Å²) in [6.07, 6.45) is 0. The van der Waals surface area contributed by atoms with E-state index in [9.17, 15) is 0 Å². The maximum absolute atomic E-state index is 5.57. The number of nitrogens with one attached hydrogen (secondary N) is 1. The first-order valence-electron chi connectivity index (χ1n) is 6.95. The van der Waals surface area contributed by atoms with Gasteiger partial charge in [0.1, 0.15) is 5.75 Å². The molecule has 1 heterocycles. The van der Waals surface area contributed by atoms with Crippen LogP contribution in [0.1, 0.15) is 5.56 Å². The third-order valence-electron chi connectivity index (χ3n) is 3.81. The van der Waals surface area contributed by atoms with Crippen LogP contribution >= 0.6 is 15.9 Å². The highest BCUT2D eigenvalue weighted by Gasteiger charge is 2.13. The smallest absolute Gasteiger partial charge is 0.123 e. The molecule has 1 fully saturated rings. The summed E-state index contributed by atoms with van der Waals surface area (Å²) in [6, 6.07) is 10.7. The van der Waals surface area contributed by atoms with Gasteiger partial charge in [-0.3, -0.25) is 4.90 Å². The van der Waals surface area contributed by atoms with Gasteiger partial charge in [-0.05, 0) is 35.0 Å². The minimum absolute atomic E-state index is 0.952. The van der Waals surface area contributed by atoms with E-state index >= 15 is 0 Å². The molecule has 1 aliphatic rings. The number of benzene rings is 2. The zero-order valence-corrected chi connectivity index (χ0v) is 13.2. The lowest BCUT2D eigenvalue weighted by molar-refractivity contribution is 0.230. The summed E-state index contributed by atoms with van der Waals surface area (Å²) in [7, 11) is 1.75. The molecule has 0 aromatic heterocycles. The summed E-state index contributed by atoms with van der Waals surface area (Å²) in [6.45, 7) is 5.29. The quantitative estimate of drug-likeness (QED) is 0.933. The molecule has 106 valence electrons. The number of methoxy groups -OCH3 is 1. The number of hydrogen-bond donors (Lipinski definition) is 1. The minimum Gasteiger partial charge on any atom is -0.496 e. The van der Waals surface area contributed by atoms with Gasteiger partial charge in [-0.2, -0.15) is 0 Å². The highest BCUT2D eigenvalue weighted by Crippen LogP contribution is 2.29. The largest absolute Gasteiger partial charge is 0.496 e. The fourth-order valence-electron chi connectivity index (χ4n) is 2.72. The molecule has 0 spiro atoms. The molecule has 0 saturated carbocycles. The molecule has 1 saturated heterocycles. The van der Waals surface area contributed by atoms with Crippen molar-refractivity contribution in [3.8, 4) is 5.75 Å². The SMILES string of the molecule is COc1cc2ccc(Br)cc2cc1CN1CCNCC1. The van der Waals surface area contributed by atoms with Crippen molar-refractivity contribution >= 4 is 26.7 Å². The molecule has 1 aliphatic heterocycles. The average Bonchev–Trinajstić information content (AvgIpc) is 2.47. The van der Waals surface area contributed by atoms with E-state index in [1.165, 1.54) is 16.3 Å². The lowest BCUT2D eigenvalue weighted by Gasteiger charge is -2.27. The first-order valence-corrected chi connectivity index (χ1v) is 7.75. The molecule has 1 N–H and O–H groups in total. The lowest BCUT2D eigenvalue weighted by Crippen LogP contribution is -2.42. The summed E-state index contributed by atoms with van der Waals surface area (Å²) in [5, 5.41) is 5.86. The Morgan fingerprint density at radius 1 is 1.15 bits per heavy atom. The van der Waals surface area contributed by atoms with E-state index in [2.05, 4.69) is 56.5 Å². The Morgan fingerprint density at radius 3 is 2.70 bits per heavy atom. The number of rotatable bonds is 3. The van der Waals surface area contributed by atoms with Crippen molar-refractivity contribution in [3.63, 3.8) is 0 Å². The van der Waals surface area contributed by atoms with Crippen LogP contribution in [0.5, 0.6) is 5.75 Å². The second kappa shape index (κ2) is 6.12. The van der Waals surface area contributed by atoms with Crippen LogP contribution in [-0.4, -0.2) is 38.2 Å². The molecule has 20 heavy (non-hydrogen) atoms. The average molecular weight is 335 g/mol. The summed E-state index contributed by atoms with van der Waals surface area (Å²) < 4.78 is 6.69. The van der Waals surface area contributed by atoms with Gasteiger partial charge in [-0.25, -0.2) is 0 Å². The maximum atomic E-state index is 5.57. The summed E-state index contributed by atoms with van der Waals surface area (Å²) >= 11 is 3.54. The molecular formula is C16H19BrN2O. The van der Waals surface area contributed by atoms with Crippen molar-refractivity contribution < 1.29 is 4.74 Å². The van der Waals surface area contributed by atoms with E-state index in [1.807, 2.05) is 0 Å². The van der Waals surface area contributed by atoms with Gasteiger partial charge in [-0.15, -0.1) is 0 Å². The number of fused-ring (bicyclic) bond motifs is 1. The first-order chi connectivity index (χ1) is 9.76. The van der Waals surface area contributed by atoms with E-state index in [0.29, 0.717) is 0 Å². The molecule has 3 rings (SSSR count). The van der Waals surface area contributed by atoms with E-state index < -0.39 is 0 Å². The van der Waals surface area contributed by atoms with Crippen LogP contribution in [0.4, 0.5) is 0 Å². The lowest BCUT2D eigenvalue weighted by atomic mass is 10.1. The fourth-order valence-corrected chi connectivity index (χ4v) is 3.10. The normalized spacial score (nSPS) is 16.5. The molecule has 3 nitrogen and oxygen atoms in total. The Balaban J connectivity index is 1.94. The molecule has 4 heteroatoms. The Hall–Kier alpha value is -1.10. The highest BCUT2D eigenvalue weighted by molar-refractivity contribution is 9.10. The zero-order chi connectivity index (χ0) is 13.9. The topological polar surface area (TPSA) is 24.5 Å². The number of nitrogens with zero attached hydrogens (tertiary/aromatic N) is 1. The van der Waals surface area contributed by atoms with Gasteiger partial charge in [0.25, 0.3) is 0 Å². The Morgan fingerprint density at radius 2 is 1.95 bits per heavy atom. The zero-order valence-electron chi connectivity index (χ0n) is 11.7. The monoisotopic (exact) mass is 334 g/mol. The Kier molecular flexibility index (Phi) is 4.24. The van der Waals surface area contributed by atoms with Crippen LogP contribution in [0.3, 0.4) is 0 Å². The third kappa shape index (κ3) is 2.97. The molecule has 0 bridgehead atoms. The van der Waals surface area contributed by atoms with Crippen molar-refractivity contribution in [2.45, 2.75) is 6.54 Å². The van der Waals surface area contributed by atoms with Gasteiger partial charge >= 0.3 is 0 Å². The predicted molar refractivity (Wildman–Crippen MR) is 86.3 cm³/mol. The van der Waals surface area contributed by atoms with Gasteiger partial charge in [0.05, 0.1) is 7.11 Å². The fraction of sp³-hybridized carbons (Fsp3) is 0.375. The van der Waals surface area contributed by atoms with E-state index in [1.54, 1.807) is 7.11 Å². The van der Waals surface area contributed by atoms with Crippen LogP contribution in [0.25, 0.3) is 10.8 Å². The van der Waals surface area contributed by atoms with Crippen LogP contribution < -0.4 is 10.1 Å². The predicted octanol–water partition coefficient (Wildman–Crippen LogP) is 3.02. The highest BCUT2D eigenvalue weighted by atomic mass is 79.9. The van der Waals surface area contributed by atoms with Crippen LogP contribution in [-0.2, 0) is 6.54 Å². The molecule has 0 amide bonds. The van der Waals surface area contributed by atoms with Crippen molar-refractivity contribution in [2.24, 2.45) is 0 Å². The number of piperazine rings is 1. The molecule has 0 aliphatic carbocycles. The standard InChI is InChI=1S/C16H19BrN2O/c1-20-16-10-12-2-3-15(17)9-13(12)8-14(16)11-19-6-4-18-5-7-19/h2-3,8-10,18H,4-7,11H2,1H3. The first kappa shape index (κ1) is 13.9. The maximum Gasteiger partial charge on any atom is 0.123 e. The summed E-state index contributed by atoms with van der Waals surface area (Å²) in [4.78, 5) is 2.47. The second-order valence-corrected chi connectivity index (χ2v) is 6.10. The molecular weight excluding hydrogens is 316 g/mol. The van der Waals surface area contributed by atoms with Gasteiger partial charge in [0.2, 0.25) is 0 Å². The van der Waals surface area contributed by atoms with Crippen molar-refractivity contribution in [3.05, 3.63) is 40.4 Å². The Labute approximate surface area is 128 Å². The van der Waals surface area contributed by atoms with Gasteiger partial charge in [-0.1, -0.05) is 22.0 Å². The van der Waals surface area contributed by atoms with Crippen molar-refractivity contribution in [1.82, 2.24) is 10.2 Å². The van der Waals surface area contributed by atoms with E-state index in [0.717, 1.165) is 42.9 Å². The summed E-state index contributed by atoms with van der Waals surface area (Å²) in [5.41, 5.74) is 1.26. The van der Waals surface area contributed by atoms with Gasteiger partial charge < -0.3 is 10.1 Å². The van der Waals surface area contributed by atoms with E-state index in [-0.39, 0.29) is 0 Å². The number of hydrogen-bond acceptors (Lipinski definition) is 3. The number of halogens is 1. The minimum atomic E-state index is 0.952. The Bertz CT molecular complexity index is 609. The summed E-state index contributed by atoms with van der Waals surface area (Å²) in [5.74, 6) is 0.985. The molecule has 0 atom stereocenters. The molecule has 0 radical (unpaired) electrons. The van der Waals surface area contributed by atoms with Crippen LogP contribution in [0, 0.1) is 0 Å².